The minimum atomic E-state index is 0.616. The van der Waals surface area contributed by atoms with Gasteiger partial charge in [0.1, 0.15) is 0 Å². The quantitative estimate of drug-likeness (QED) is 0.505. The van der Waals surface area contributed by atoms with Gasteiger partial charge in [0.2, 0.25) is 6.41 Å². The molecule has 80 valence electrons. The van der Waals surface area contributed by atoms with Gasteiger partial charge in [-0.2, -0.15) is 5.10 Å². The van der Waals surface area contributed by atoms with Crippen molar-refractivity contribution in [3.8, 4) is 0 Å². The zero-order chi connectivity index (χ0) is 11.3. The van der Waals surface area contributed by atoms with Crippen LogP contribution < -0.4 is 21.4 Å². The van der Waals surface area contributed by atoms with Crippen molar-refractivity contribution in [3.63, 3.8) is 0 Å². The molecular formula is C11H15N3O. The molecule has 1 aromatic rings. The summed E-state index contributed by atoms with van der Waals surface area (Å²) in [6, 6.07) is 1.89. The number of aromatic nitrogens is 1. The van der Waals surface area contributed by atoms with Gasteiger partial charge in [-0.3, -0.25) is 9.36 Å². The van der Waals surface area contributed by atoms with Crippen LogP contribution in [-0.4, -0.2) is 18.0 Å². The Bertz CT molecular complexity index is 526. The highest BCUT2D eigenvalue weighted by Crippen LogP contribution is 1.68. The van der Waals surface area contributed by atoms with E-state index < -0.39 is 0 Å². The second kappa shape index (κ2) is 5.14. The Morgan fingerprint density at radius 3 is 2.60 bits per heavy atom. The van der Waals surface area contributed by atoms with Crippen LogP contribution in [0.2, 0.25) is 0 Å². The molecule has 0 amide bonds. The maximum absolute atomic E-state index is 10.8. The van der Waals surface area contributed by atoms with Crippen LogP contribution in [0, 0.1) is 0 Å². The standard InChI is InChI=1S/C11H15N3O/c1-4-9-6-7-14(8-15)11(13-12-3)10(9)5-2/h4-8,12H,1-3H3/b9-4-,10-5+,13-11-. The first-order valence-corrected chi connectivity index (χ1v) is 4.78. The van der Waals surface area contributed by atoms with E-state index in [0.29, 0.717) is 5.49 Å². The Morgan fingerprint density at radius 1 is 1.40 bits per heavy atom. The van der Waals surface area contributed by atoms with E-state index in [1.165, 1.54) is 4.57 Å². The zero-order valence-electron chi connectivity index (χ0n) is 9.19. The first-order chi connectivity index (χ1) is 7.28. The number of hydrogen-bond acceptors (Lipinski definition) is 3. The van der Waals surface area contributed by atoms with Gasteiger partial charge < -0.3 is 5.43 Å². The second-order valence-corrected chi connectivity index (χ2v) is 2.93. The Balaban J connectivity index is 3.86. The van der Waals surface area contributed by atoms with E-state index in [1.54, 1.807) is 13.2 Å². The molecule has 0 fully saturated rings. The lowest BCUT2D eigenvalue weighted by molar-refractivity contribution is 0.543. The van der Waals surface area contributed by atoms with Crippen molar-refractivity contribution in [3.05, 3.63) is 28.2 Å². The highest BCUT2D eigenvalue weighted by Gasteiger charge is 1.94. The summed E-state index contributed by atoms with van der Waals surface area (Å²) in [5.41, 5.74) is 3.31. The SMILES string of the molecule is C/C=c1/ccn(C=O)c(=N\NC)/c1=C/C. The van der Waals surface area contributed by atoms with E-state index in [-0.39, 0.29) is 0 Å². The number of pyridine rings is 1. The lowest BCUT2D eigenvalue weighted by atomic mass is 10.2. The van der Waals surface area contributed by atoms with Gasteiger partial charge >= 0.3 is 0 Å². The molecule has 0 aliphatic carbocycles. The Hall–Kier alpha value is -1.84. The molecule has 0 saturated heterocycles. The highest BCUT2D eigenvalue weighted by atomic mass is 16.1. The average molecular weight is 205 g/mol. The summed E-state index contributed by atoms with van der Waals surface area (Å²) in [6.45, 7) is 3.88. The Kier molecular flexibility index (Phi) is 3.85. The molecule has 0 saturated carbocycles. The van der Waals surface area contributed by atoms with Crippen molar-refractivity contribution in [2.24, 2.45) is 5.10 Å². The third-order valence-electron chi connectivity index (χ3n) is 2.14. The Labute approximate surface area is 88.2 Å². The van der Waals surface area contributed by atoms with Crippen LogP contribution in [0.3, 0.4) is 0 Å². The summed E-state index contributed by atoms with van der Waals surface area (Å²) in [7, 11) is 1.71. The van der Waals surface area contributed by atoms with E-state index in [9.17, 15) is 4.79 Å². The molecule has 0 aromatic carbocycles. The molecule has 0 bridgehead atoms. The summed E-state index contributed by atoms with van der Waals surface area (Å²) < 4.78 is 1.44. The highest BCUT2D eigenvalue weighted by molar-refractivity contribution is 5.51. The third-order valence-corrected chi connectivity index (χ3v) is 2.14. The van der Waals surface area contributed by atoms with Crippen molar-refractivity contribution in [1.82, 2.24) is 9.99 Å². The molecule has 0 unspecified atom stereocenters. The number of carbonyl (C=O) groups excluding carboxylic acids is 1. The second-order valence-electron chi connectivity index (χ2n) is 2.93. The van der Waals surface area contributed by atoms with Crippen molar-refractivity contribution < 1.29 is 4.79 Å². The number of hydrogen-bond donors (Lipinski definition) is 1. The molecule has 0 aliphatic heterocycles. The number of carbonyl (C=O) groups is 1. The molecule has 0 atom stereocenters. The van der Waals surface area contributed by atoms with Crippen molar-refractivity contribution in [2.45, 2.75) is 13.8 Å². The normalized spacial score (nSPS) is 14.5. The van der Waals surface area contributed by atoms with Crippen LogP contribution in [0.1, 0.15) is 13.8 Å². The summed E-state index contributed by atoms with van der Waals surface area (Å²) in [5, 5.41) is 6.09. The lowest BCUT2D eigenvalue weighted by Crippen LogP contribution is -2.46. The molecular weight excluding hydrogens is 190 g/mol. The van der Waals surface area contributed by atoms with Gasteiger partial charge in [-0.15, -0.1) is 0 Å². The van der Waals surface area contributed by atoms with Gasteiger partial charge in [-0.05, 0) is 25.1 Å². The monoisotopic (exact) mass is 205 g/mol. The summed E-state index contributed by atoms with van der Waals surface area (Å²) >= 11 is 0. The van der Waals surface area contributed by atoms with Crippen LogP contribution in [0.5, 0.6) is 0 Å². The van der Waals surface area contributed by atoms with Gasteiger partial charge in [0.15, 0.2) is 5.49 Å². The molecule has 1 rings (SSSR count). The molecule has 4 heteroatoms. The zero-order valence-corrected chi connectivity index (χ0v) is 9.19. The summed E-state index contributed by atoms with van der Waals surface area (Å²) in [6.07, 6.45) is 6.36. The maximum Gasteiger partial charge on any atom is 0.219 e. The molecule has 1 aromatic heterocycles. The summed E-state index contributed by atoms with van der Waals surface area (Å²) in [5.74, 6) is 0. The molecule has 0 spiro atoms. The number of nitrogens with zero attached hydrogens (tertiary/aromatic N) is 2. The molecule has 0 radical (unpaired) electrons. The van der Waals surface area contributed by atoms with Gasteiger partial charge in [0.25, 0.3) is 0 Å². The number of rotatable bonds is 2. The fourth-order valence-electron chi connectivity index (χ4n) is 1.45. The van der Waals surface area contributed by atoms with Crippen LogP contribution >= 0.6 is 0 Å². The Morgan fingerprint density at radius 2 is 2.13 bits per heavy atom. The van der Waals surface area contributed by atoms with Crippen molar-refractivity contribution in [2.75, 3.05) is 7.05 Å². The van der Waals surface area contributed by atoms with Gasteiger partial charge in [0, 0.05) is 18.5 Å². The molecule has 4 nitrogen and oxygen atoms in total. The molecule has 1 heterocycles. The van der Waals surface area contributed by atoms with Gasteiger partial charge in [-0.1, -0.05) is 12.2 Å². The molecule has 15 heavy (non-hydrogen) atoms. The largest absolute Gasteiger partial charge is 0.311 e. The number of nitrogens with one attached hydrogen (secondary N) is 1. The predicted molar refractivity (Wildman–Crippen MR) is 60.7 cm³/mol. The van der Waals surface area contributed by atoms with Crippen LogP contribution in [-0.2, 0) is 4.79 Å². The van der Waals surface area contributed by atoms with Crippen LogP contribution in [0.25, 0.3) is 12.2 Å². The molecule has 1 N–H and O–H groups in total. The van der Waals surface area contributed by atoms with Crippen LogP contribution in [0.4, 0.5) is 0 Å². The van der Waals surface area contributed by atoms with E-state index in [2.05, 4.69) is 10.5 Å². The van der Waals surface area contributed by atoms with Crippen molar-refractivity contribution in [1.29, 1.82) is 0 Å². The van der Waals surface area contributed by atoms with E-state index in [1.807, 2.05) is 32.1 Å². The third kappa shape index (κ3) is 2.15. The van der Waals surface area contributed by atoms with Crippen molar-refractivity contribution >= 4 is 18.6 Å². The fourth-order valence-corrected chi connectivity index (χ4v) is 1.45. The van der Waals surface area contributed by atoms with E-state index >= 15 is 0 Å². The van der Waals surface area contributed by atoms with E-state index in [0.717, 1.165) is 16.8 Å². The lowest BCUT2D eigenvalue weighted by Gasteiger charge is -1.99. The topological polar surface area (TPSA) is 46.4 Å². The smallest absolute Gasteiger partial charge is 0.219 e. The first kappa shape index (κ1) is 11.2. The van der Waals surface area contributed by atoms with Crippen LogP contribution in [0.15, 0.2) is 17.4 Å². The average Bonchev–Trinajstić information content (AvgIpc) is 2.28. The predicted octanol–water partition coefficient (Wildman–Crippen LogP) is -0.838. The van der Waals surface area contributed by atoms with E-state index in [4.69, 9.17) is 0 Å². The maximum atomic E-state index is 10.8. The summed E-state index contributed by atoms with van der Waals surface area (Å²) in [4.78, 5) is 10.8. The minimum Gasteiger partial charge on any atom is -0.311 e. The van der Waals surface area contributed by atoms with Gasteiger partial charge in [-0.25, -0.2) is 0 Å². The first-order valence-electron chi connectivity index (χ1n) is 4.78. The van der Waals surface area contributed by atoms with Gasteiger partial charge in [0.05, 0.1) is 0 Å². The fraction of sp³-hybridized carbons (Fsp3) is 0.273. The molecule has 0 aliphatic rings. The minimum absolute atomic E-state index is 0.616.